The highest BCUT2D eigenvalue weighted by Gasteiger charge is 2.72. The van der Waals surface area contributed by atoms with E-state index in [1.165, 1.54) is 4.90 Å². The Hall–Kier alpha value is -2.97. The van der Waals surface area contributed by atoms with Crippen LogP contribution in [-0.4, -0.2) is 76.2 Å². The maximum absolute atomic E-state index is 14.4. The molecule has 2 fully saturated rings. The van der Waals surface area contributed by atoms with Crippen LogP contribution in [0.25, 0.3) is 0 Å². The van der Waals surface area contributed by atoms with Crippen molar-refractivity contribution in [2.75, 3.05) is 19.8 Å². The Bertz CT molecular complexity index is 1090. The minimum atomic E-state index is -1.34. The molecule has 2 saturated heterocycles. The molecule has 0 bridgehead atoms. The Morgan fingerprint density at radius 2 is 1.92 bits per heavy atom. The zero-order chi connectivity index (χ0) is 26.2. The number of esters is 1. The number of amides is 2. The average molecular weight is 509 g/mol. The molecule has 1 aromatic carbocycles. The number of carbonyl (C=O) groups excluding carboxylic acids is 3. The molecule has 1 aromatic rings. The zero-order valence-corrected chi connectivity index (χ0v) is 21.5. The largest absolute Gasteiger partial charge is 0.465 e. The van der Waals surface area contributed by atoms with Gasteiger partial charge < -0.3 is 24.4 Å². The van der Waals surface area contributed by atoms with Gasteiger partial charge in [0.15, 0.2) is 0 Å². The molecule has 198 valence electrons. The minimum Gasteiger partial charge on any atom is -0.465 e. The molecule has 2 unspecified atom stereocenters. The van der Waals surface area contributed by atoms with E-state index >= 15 is 0 Å². The Balaban J connectivity index is 1.66. The van der Waals surface area contributed by atoms with Crippen molar-refractivity contribution >= 4 is 17.8 Å². The van der Waals surface area contributed by atoms with Crippen molar-refractivity contribution in [3.05, 3.63) is 60.2 Å². The van der Waals surface area contributed by atoms with Crippen molar-refractivity contribution in [1.29, 1.82) is 0 Å². The summed E-state index contributed by atoms with van der Waals surface area (Å²) >= 11 is 0. The first-order chi connectivity index (χ1) is 17.9. The molecule has 1 N–H and O–H groups in total. The molecule has 0 radical (unpaired) electrons. The first-order valence-corrected chi connectivity index (χ1v) is 13.4. The van der Waals surface area contributed by atoms with Crippen LogP contribution in [0.2, 0.25) is 0 Å². The molecule has 0 aromatic heterocycles. The van der Waals surface area contributed by atoms with Gasteiger partial charge in [-0.3, -0.25) is 14.4 Å². The molecular weight excluding hydrogens is 472 g/mol. The lowest BCUT2D eigenvalue weighted by Gasteiger charge is -2.40. The summed E-state index contributed by atoms with van der Waals surface area (Å²) in [6, 6.07) is 7.40. The highest BCUT2D eigenvalue weighted by atomic mass is 16.6. The van der Waals surface area contributed by atoms with E-state index in [1.807, 2.05) is 61.6 Å². The van der Waals surface area contributed by atoms with Gasteiger partial charge in [0.1, 0.15) is 17.6 Å². The van der Waals surface area contributed by atoms with Crippen LogP contribution in [0.3, 0.4) is 0 Å². The van der Waals surface area contributed by atoms with Crippen molar-refractivity contribution in [3.63, 3.8) is 0 Å². The lowest BCUT2D eigenvalue weighted by molar-refractivity contribution is -0.156. The number of nitrogens with zero attached hydrogens (tertiary/aromatic N) is 2. The summed E-state index contributed by atoms with van der Waals surface area (Å²) in [5, 5.41) is 10.5. The number of carbonyl (C=O) groups is 3. The molecule has 7 atom stereocenters. The Kier molecular flexibility index (Phi) is 7.23. The van der Waals surface area contributed by atoms with Gasteiger partial charge >= 0.3 is 5.97 Å². The lowest BCUT2D eigenvalue weighted by Crippen LogP contribution is -2.57. The van der Waals surface area contributed by atoms with Crippen LogP contribution >= 0.6 is 0 Å². The molecule has 1 spiro atoms. The van der Waals surface area contributed by atoms with Crippen molar-refractivity contribution < 1.29 is 29.0 Å². The van der Waals surface area contributed by atoms with E-state index in [-0.39, 0.29) is 31.1 Å². The van der Waals surface area contributed by atoms with E-state index in [9.17, 15) is 19.5 Å². The number of cyclic esters (lactones) is 1. The van der Waals surface area contributed by atoms with Crippen LogP contribution in [0.5, 0.6) is 0 Å². The third-order valence-electron chi connectivity index (χ3n) is 8.25. The topological polar surface area (TPSA) is 96.4 Å². The number of fused-ring (bicyclic) bond motifs is 2. The summed E-state index contributed by atoms with van der Waals surface area (Å²) in [4.78, 5) is 45.3. The van der Waals surface area contributed by atoms with Gasteiger partial charge in [0.2, 0.25) is 11.8 Å². The third-order valence-corrected chi connectivity index (χ3v) is 8.25. The van der Waals surface area contributed by atoms with E-state index in [0.29, 0.717) is 13.0 Å². The quantitative estimate of drug-likeness (QED) is 0.469. The second-order valence-corrected chi connectivity index (χ2v) is 10.5. The van der Waals surface area contributed by atoms with Crippen LogP contribution in [0, 0.1) is 11.8 Å². The fourth-order valence-corrected chi connectivity index (χ4v) is 6.55. The first-order valence-electron chi connectivity index (χ1n) is 13.4. The predicted molar refractivity (Wildman–Crippen MR) is 136 cm³/mol. The average Bonchev–Trinajstić information content (AvgIpc) is 3.30. The number of benzene rings is 1. The first kappa shape index (κ1) is 25.7. The van der Waals surface area contributed by atoms with Gasteiger partial charge in [0, 0.05) is 12.6 Å². The lowest BCUT2D eigenvalue weighted by atomic mass is 9.78. The molecule has 4 heterocycles. The van der Waals surface area contributed by atoms with E-state index in [2.05, 4.69) is 6.92 Å². The molecule has 5 rings (SSSR count). The Labute approximate surface area is 217 Å². The van der Waals surface area contributed by atoms with Gasteiger partial charge in [0.25, 0.3) is 0 Å². The highest BCUT2D eigenvalue weighted by Crippen LogP contribution is 2.55. The maximum atomic E-state index is 14.4. The normalized spacial score (nSPS) is 33.9. The molecule has 37 heavy (non-hydrogen) atoms. The van der Waals surface area contributed by atoms with Gasteiger partial charge in [-0.15, -0.1) is 0 Å². The fourth-order valence-electron chi connectivity index (χ4n) is 6.55. The number of aliphatic hydroxyl groups is 1. The summed E-state index contributed by atoms with van der Waals surface area (Å²) in [6.07, 6.45) is 10.0. The van der Waals surface area contributed by atoms with E-state index in [0.717, 1.165) is 24.8 Å². The summed E-state index contributed by atoms with van der Waals surface area (Å²) in [7, 11) is 0. The summed E-state index contributed by atoms with van der Waals surface area (Å²) < 4.78 is 12.2. The van der Waals surface area contributed by atoms with Crippen molar-refractivity contribution in [2.24, 2.45) is 11.8 Å². The molecule has 8 heteroatoms. The van der Waals surface area contributed by atoms with Gasteiger partial charge in [-0.1, -0.05) is 68.0 Å². The van der Waals surface area contributed by atoms with Crippen LogP contribution < -0.4 is 0 Å². The van der Waals surface area contributed by atoms with Crippen LogP contribution in [-0.2, 0) is 23.9 Å². The molecule has 2 amide bonds. The van der Waals surface area contributed by atoms with Crippen molar-refractivity contribution in [1.82, 2.24) is 9.80 Å². The second kappa shape index (κ2) is 10.4. The SMILES string of the molecule is CCCC(C)N1CC=C[C@]23O[C@@H]4/C=C\CCCOC(=O)[C@@H]4[C@H]2C(=O)N([C@H](CO)c2ccccc2)C3C1=O. The number of rotatable bonds is 6. The summed E-state index contributed by atoms with van der Waals surface area (Å²) in [5.74, 6) is -2.87. The molecule has 0 saturated carbocycles. The monoisotopic (exact) mass is 508 g/mol. The van der Waals surface area contributed by atoms with Crippen molar-refractivity contribution in [3.8, 4) is 0 Å². The van der Waals surface area contributed by atoms with Crippen molar-refractivity contribution in [2.45, 2.75) is 69.4 Å². The molecule has 0 aliphatic carbocycles. The number of likely N-dealkylation sites (tertiary alicyclic amines) is 1. The number of allylic oxidation sites excluding steroid dienone is 1. The highest BCUT2D eigenvalue weighted by molar-refractivity contribution is 5.99. The smallest absolute Gasteiger partial charge is 0.312 e. The van der Waals surface area contributed by atoms with E-state index < -0.39 is 41.6 Å². The molecule has 4 aliphatic rings. The second-order valence-electron chi connectivity index (χ2n) is 10.5. The fraction of sp³-hybridized carbons (Fsp3) is 0.552. The zero-order valence-electron chi connectivity index (χ0n) is 21.5. The van der Waals surface area contributed by atoms with Crippen LogP contribution in [0.4, 0.5) is 0 Å². The van der Waals surface area contributed by atoms with E-state index in [1.54, 1.807) is 4.90 Å². The van der Waals surface area contributed by atoms with Gasteiger partial charge in [-0.05, 0) is 31.7 Å². The van der Waals surface area contributed by atoms with Gasteiger partial charge in [-0.25, -0.2) is 0 Å². The Morgan fingerprint density at radius 1 is 1.14 bits per heavy atom. The Morgan fingerprint density at radius 3 is 2.65 bits per heavy atom. The number of ether oxygens (including phenoxy) is 2. The minimum absolute atomic E-state index is 0.0407. The number of hydrogen-bond donors (Lipinski definition) is 1. The number of aliphatic hydroxyl groups excluding tert-OH is 1. The van der Waals surface area contributed by atoms with E-state index in [4.69, 9.17) is 9.47 Å². The molecular formula is C29H36N2O6. The maximum Gasteiger partial charge on any atom is 0.312 e. The number of hydrogen-bond acceptors (Lipinski definition) is 6. The molecule has 8 nitrogen and oxygen atoms in total. The van der Waals surface area contributed by atoms with Gasteiger partial charge in [-0.2, -0.15) is 0 Å². The summed E-state index contributed by atoms with van der Waals surface area (Å²) in [6.45, 7) is 4.38. The van der Waals surface area contributed by atoms with Crippen LogP contribution in [0.1, 0.15) is 51.1 Å². The molecule has 4 aliphatic heterocycles. The third kappa shape index (κ3) is 4.20. The predicted octanol–water partition coefficient (Wildman–Crippen LogP) is 2.78. The van der Waals surface area contributed by atoms with Crippen LogP contribution in [0.15, 0.2) is 54.6 Å². The summed E-state index contributed by atoms with van der Waals surface area (Å²) in [5.41, 5.74) is -0.620. The van der Waals surface area contributed by atoms with Gasteiger partial charge in [0.05, 0.1) is 31.3 Å². The standard InChI is InChI=1S/C29H36N2O6/c1-3-11-19(2)30-16-10-15-29-24(23-22(37-29)14-8-5-9-17-36-28(23)35)26(33)31(25(29)27(30)34)21(18-32)20-12-6-4-7-13-20/h4,6-8,10,12-15,19,21-25,32H,3,5,9,11,16-18H2,1-2H3/b14-8-/t19?,21-,22-,23+,24+,25?,29+/m1/s1.